The van der Waals surface area contributed by atoms with E-state index in [0.717, 1.165) is 16.8 Å². The Morgan fingerprint density at radius 3 is 2.71 bits per heavy atom. The molecule has 7 heteroatoms. The number of amides is 1. The third kappa shape index (κ3) is 3.94. The third-order valence-electron chi connectivity index (χ3n) is 4.80. The predicted molar refractivity (Wildman–Crippen MR) is 104 cm³/mol. The lowest BCUT2D eigenvalue weighted by Gasteiger charge is -2.27. The van der Waals surface area contributed by atoms with Crippen LogP contribution in [-0.4, -0.2) is 53.8 Å². The highest BCUT2D eigenvalue weighted by molar-refractivity contribution is 5.81. The molecule has 1 aromatic heterocycles. The highest BCUT2D eigenvalue weighted by Gasteiger charge is 2.20. The molecule has 0 radical (unpaired) electrons. The van der Waals surface area contributed by atoms with E-state index in [1.807, 2.05) is 58.0 Å². The number of carbonyl (C=O) groups is 1. The van der Waals surface area contributed by atoms with Gasteiger partial charge in [0.2, 0.25) is 5.91 Å². The molecular weight excluding hydrogens is 358 g/mol. The summed E-state index contributed by atoms with van der Waals surface area (Å²) in [7, 11) is 1.62. The fourth-order valence-corrected chi connectivity index (χ4v) is 3.30. The van der Waals surface area contributed by atoms with Crippen LogP contribution >= 0.6 is 0 Å². The maximum Gasteiger partial charge on any atom is 0.242 e. The van der Waals surface area contributed by atoms with Crippen molar-refractivity contribution in [2.24, 2.45) is 0 Å². The van der Waals surface area contributed by atoms with Gasteiger partial charge < -0.3 is 23.7 Å². The van der Waals surface area contributed by atoms with Crippen LogP contribution in [-0.2, 0) is 22.7 Å². The van der Waals surface area contributed by atoms with Crippen LogP contribution in [0.1, 0.15) is 5.82 Å². The van der Waals surface area contributed by atoms with Crippen molar-refractivity contribution in [1.29, 1.82) is 0 Å². The van der Waals surface area contributed by atoms with E-state index in [-0.39, 0.29) is 19.1 Å². The lowest BCUT2D eigenvalue weighted by Crippen LogP contribution is -2.42. The highest BCUT2D eigenvalue weighted by Crippen LogP contribution is 2.22. The average molecular weight is 381 g/mol. The maximum absolute atomic E-state index is 12.8. The molecule has 2 aromatic carbocycles. The second kappa shape index (κ2) is 8.31. The van der Waals surface area contributed by atoms with E-state index in [4.69, 9.17) is 14.2 Å². The van der Waals surface area contributed by atoms with Crippen LogP contribution in [0.3, 0.4) is 0 Å². The van der Waals surface area contributed by atoms with Gasteiger partial charge in [-0.25, -0.2) is 4.98 Å². The number of hydrogen-bond acceptors (Lipinski definition) is 5. The third-order valence-corrected chi connectivity index (χ3v) is 4.80. The Labute approximate surface area is 163 Å². The summed E-state index contributed by atoms with van der Waals surface area (Å²) in [5.74, 6) is 2.20. The summed E-state index contributed by atoms with van der Waals surface area (Å²) in [6, 6.07) is 15.2. The number of fused-ring (bicyclic) bond motifs is 1. The Kier molecular flexibility index (Phi) is 5.43. The second-order valence-electron chi connectivity index (χ2n) is 6.56. The zero-order valence-electron chi connectivity index (χ0n) is 15.8. The van der Waals surface area contributed by atoms with Gasteiger partial charge in [-0.2, -0.15) is 0 Å². The van der Waals surface area contributed by atoms with Crippen LogP contribution in [0.2, 0.25) is 0 Å². The van der Waals surface area contributed by atoms with Gasteiger partial charge in [-0.3, -0.25) is 4.79 Å². The number of benzene rings is 2. The standard InChI is InChI=1S/C21H23N3O4/c1-26-16-5-4-6-17(13-16)28-15-20-22-18-7-2-3-8-19(18)24(20)14-21(25)23-9-11-27-12-10-23/h2-8,13H,9-12,14-15H2,1H3. The molecule has 0 N–H and O–H groups in total. The molecular formula is C21H23N3O4. The molecule has 1 amide bonds. The smallest absolute Gasteiger partial charge is 0.242 e. The molecule has 0 unspecified atom stereocenters. The van der Waals surface area contributed by atoms with Crippen molar-refractivity contribution in [3.8, 4) is 11.5 Å². The minimum atomic E-state index is 0.0640. The van der Waals surface area contributed by atoms with E-state index in [9.17, 15) is 4.79 Å². The van der Waals surface area contributed by atoms with Crippen LogP contribution in [0.4, 0.5) is 0 Å². The monoisotopic (exact) mass is 381 g/mol. The SMILES string of the molecule is COc1cccc(OCc2nc3ccccc3n2CC(=O)N2CCOCC2)c1. The topological polar surface area (TPSA) is 65.8 Å². The number of morpholine rings is 1. The van der Waals surface area contributed by atoms with E-state index < -0.39 is 0 Å². The number of methoxy groups -OCH3 is 1. The molecule has 0 aliphatic carbocycles. The summed E-state index contributed by atoms with van der Waals surface area (Å²) in [5.41, 5.74) is 1.77. The average Bonchev–Trinajstić information content (AvgIpc) is 3.10. The second-order valence-corrected chi connectivity index (χ2v) is 6.56. The Morgan fingerprint density at radius 2 is 1.89 bits per heavy atom. The Balaban J connectivity index is 1.56. The maximum atomic E-state index is 12.8. The molecule has 146 valence electrons. The molecule has 2 heterocycles. The minimum absolute atomic E-state index is 0.0640. The van der Waals surface area contributed by atoms with Crippen molar-refractivity contribution in [1.82, 2.24) is 14.5 Å². The molecule has 1 fully saturated rings. The van der Waals surface area contributed by atoms with Gasteiger partial charge >= 0.3 is 0 Å². The summed E-state index contributed by atoms with van der Waals surface area (Å²) in [6.07, 6.45) is 0. The summed E-state index contributed by atoms with van der Waals surface area (Å²) >= 11 is 0. The highest BCUT2D eigenvalue weighted by atomic mass is 16.5. The van der Waals surface area contributed by atoms with Gasteiger partial charge in [-0.05, 0) is 24.3 Å². The van der Waals surface area contributed by atoms with Gasteiger partial charge in [0.05, 0.1) is 31.4 Å². The van der Waals surface area contributed by atoms with Gasteiger partial charge in [-0.15, -0.1) is 0 Å². The van der Waals surface area contributed by atoms with Crippen LogP contribution in [0.5, 0.6) is 11.5 Å². The van der Waals surface area contributed by atoms with Crippen LogP contribution in [0.15, 0.2) is 48.5 Å². The molecule has 28 heavy (non-hydrogen) atoms. The largest absolute Gasteiger partial charge is 0.497 e. The Morgan fingerprint density at radius 1 is 1.11 bits per heavy atom. The minimum Gasteiger partial charge on any atom is -0.497 e. The molecule has 1 aliphatic heterocycles. The number of carbonyl (C=O) groups excluding carboxylic acids is 1. The van der Waals surface area contributed by atoms with E-state index in [2.05, 4.69) is 4.98 Å². The normalized spacial score (nSPS) is 14.2. The zero-order chi connectivity index (χ0) is 19.3. The molecule has 4 rings (SSSR count). The van der Waals surface area contributed by atoms with Gasteiger partial charge in [0.1, 0.15) is 30.5 Å². The first-order chi connectivity index (χ1) is 13.7. The first kappa shape index (κ1) is 18.3. The molecule has 3 aromatic rings. The van der Waals surface area contributed by atoms with E-state index >= 15 is 0 Å². The van der Waals surface area contributed by atoms with Gasteiger partial charge in [0.15, 0.2) is 0 Å². The number of rotatable bonds is 6. The number of para-hydroxylation sites is 2. The fraction of sp³-hybridized carbons (Fsp3) is 0.333. The Hall–Kier alpha value is -3.06. The number of hydrogen-bond donors (Lipinski definition) is 0. The lowest BCUT2D eigenvalue weighted by atomic mass is 10.3. The van der Waals surface area contributed by atoms with Crippen LogP contribution in [0, 0.1) is 0 Å². The van der Waals surface area contributed by atoms with E-state index in [1.165, 1.54) is 0 Å². The number of imidazole rings is 1. The van der Waals surface area contributed by atoms with Crippen LogP contribution < -0.4 is 9.47 Å². The predicted octanol–water partition coefficient (Wildman–Crippen LogP) is 2.48. The van der Waals surface area contributed by atoms with Gasteiger partial charge in [0.25, 0.3) is 0 Å². The number of aromatic nitrogens is 2. The van der Waals surface area contributed by atoms with Gasteiger partial charge in [0, 0.05) is 19.2 Å². The van der Waals surface area contributed by atoms with Crippen molar-refractivity contribution < 1.29 is 19.0 Å². The first-order valence-electron chi connectivity index (χ1n) is 9.31. The molecule has 1 aliphatic rings. The quantitative estimate of drug-likeness (QED) is 0.656. The van der Waals surface area contributed by atoms with Crippen molar-refractivity contribution >= 4 is 16.9 Å². The summed E-state index contributed by atoms with van der Waals surface area (Å²) in [5, 5.41) is 0. The summed E-state index contributed by atoms with van der Waals surface area (Å²) in [6.45, 7) is 2.92. The van der Waals surface area contributed by atoms with Gasteiger partial charge in [-0.1, -0.05) is 18.2 Å². The Bertz CT molecular complexity index is 963. The zero-order valence-corrected chi connectivity index (χ0v) is 15.8. The van der Waals surface area contributed by atoms with E-state index in [0.29, 0.717) is 37.9 Å². The van der Waals surface area contributed by atoms with Crippen molar-refractivity contribution in [2.75, 3.05) is 33.4 Å². The van der Waals surface area contributed by atoms with Crippen LogP contribution in [0.25, 0.3) is 11.0 Å². The number of ether oxygens (including phenoxy) is 3. The molecule has 0 bridgehead atoms. The van der Waals surface area contributed by atoms with Crippen molar-refractivity contribution in [2.45, 2.75) is 13.2 Å². The molecule has 0 atom stereocenters. The van der Waals surface area contributed by atoms with E-state index in [1.54, 1.807) is 7.11 Å². The molecule has 0 saturated carbocycles. The molecule has 7 nitrogen and oxygen atoms in total. The first-order valence-corrected chi connectivity index (χ1v) is 9.31. The lowest BCUT2D eigenvalue weighted by molar-refractivity contribution is -0.135. The summed E-state index contributed by atoms with van der Waals surface area (Å²) < 4.78 is 18.4. The molecule has 0 spiro atoms. The van der Waals surface area contributed by atoms with Crippen molar-refractivity contribution in [3.05, 3.63) is 54.4 Å². The van der Waals surface area contributed by atoms with Crippen molar-refractivity contribution in [3.63, 3.8) is 0 Å². The summed E-state index contributed by atoms with van der Waals surface area (Å²) in [4.78, 5) is 19.3. The molecule has 1 saturated heterocycles. The fourth-order valence-electron chi connectivity index (χ4n) is 3.30. The number of nitrogens with zero attached hydrogens (tertiary/aromatic N) is 3.